The average Bonchev–Trinajstić information content (AvgIpc) is 3.73. The van der Waals surface area contributed by atoms with E-state index in [2.05, 4.69) is 179 Å². The Labute approximate surface area is 278 Å². The third kappa shape index (κ3) is 3.16. The number of para-hydroxylation sites is 3. The fraction of sp³-hybridized carbons (Fsp3) is 0.0889. The predicted molar refractivity (Wildman–Crippen MR) is 202 cm³/mol. The zero-order valence-electron chi connectivity index (χ0n) is 26.9. The normalized spacial score (nSPS) is 17.1. The van der Waals surface area contributed by atoms with E-state index in [1.54, 1.807) is 0 Å². The molecule has 11 rings (SSSR count). The summed E-state index contributed by atoms with van der Waals surface area (Å²) in [6.45, 7) is 4.74. The molecule has 0 spiro atoms. The number of fused-ring (bicyclic) bond motifs is 12. The van der Waals surface area contributed by atoms with Crippen LogP contribution in [0.3, 0.4) is 0 Å². The highest BCUT2D eigenvalue weighted by molar-refractivity contribution is 6.26. The van der Waals surface area contributed by atoms with Gasteiger partial charge in [-0.2, -0.15) is 4.58 Å². The molecule has 3 heterocycles. The summed E-state index contributed by atoms with van der Waals surface area (Å²) < 4.78 is 7.62. The van der Waals surface area contributed by atoms with Crippen molar-refractivity contribution in [2.24, 2.45) is 0 Å². The molecule has 2 aliphatic carbocycles. The van der Waals surface area contributed by atoms with Gasteiger partial charge in [0.25, 0.3) is 0 Å². The lowest BCUT2D eigenvalue weighted by atomic mass is 9.82. The van der Waals surface area contributed by atoms with Gasteiger partial charge in [-0.3, -0.25) is 0 Å². The Hall–Kier alpha value is -5.93. The van der Waals surface area contributed by atoms with Crippen LogP contribution in [0.2, 0.25) is 0 Å². The van der Waals surface area contributed by atoms with Crippen LogP contribution in [0.5, 0.6) is 0 Å². The highest BCUT2D eigenvalue weighted by atomic mass is 15.2. The van der Waals surface area contributed by atoms with E-state index in [4.69, 9.17) is 0 Å². The minimum absolute atomic E-state index is 0.0515. The molecule has 0 saturated carbocycles. The smallest absolute Gasteiger partial charge is 0.235 e. The van der Waals surface area contributed by atoms with Crippen LogP contribution in [-0.2, 0) is 5.41 Å². The minimum atomic E-state index is -0.0787. The Morgan fingerprint density at radius 2 is 1.31 bits per heavy atom. The van der Waals surface area contributed by atoms with Crippen molar-refractivity contribution in [3.8, 4) is 16.8 Å². The topological polar surface area (TPSA) is 12.9 Å². The largest absolute Gasteiger partial charge is 0.316 e. The van der Waals surface area contributed by atoms with E-state index < -0.39 is 0 Å². The van der Waals surface area contributed by atoms with E-state index >= 15 is 0 Å². The summed E-state index contributed by atoms with van der Waals surface area (Å²) in [6, 6.07) is 47.4. The van der Waals surface area contributed by atoms with Gasteiger partial charge in [-0.05, 0) is 40.5 Å². The number of rotatable bonds is 2. The van der Waals surface area contributed by atoms with Gasteiger partial charge >= 0.3 is 0 Å². The molecule has 1 atom stereocenters. The summed E-state index contributed by atoms with van der Waals surface area (Å²) in [5, 5.41) is 5.13. The molecule has 226 valence electrons. The predicted octanol–water partition coefficient (Wildman–Crippen LogP) is 11.2. The zero-order valence-corrected chi connectivity index (χ0v) is 26.9. The number of hydrogen-bond acceptors (Lipinski definition) is 0. The van der Waals surface area contributed by atoms with Crippen LogP contribution in [0.15, 0.2) is 152 Å². The number of allylic oxidation sites excluding steroid dienone is 4. The molecule has 0 N–H and O–H groups in total. The van der Waals surface area contributed by atoms with Crippen molar-refractivity contribution in [1.82, 2.24) is 13.7 Å². The fourth-order valence-electron chi connectivity index (χ4n) is 9.12. The standard InChI is InChI=1S/C45H32N3/c1-45(2)36-18-8-6-15-30(36)31-24-23-29(27-37(31)45)47-38-19-9-7-16-32(38)34-25-26-35-33-17-12-22-41-42(33)48(44(35)43(34)47)40-21-11-10-20-39(40)46(41)28-13-4-3-5-14-28/h3-27,40H,1-2H3/q+1. The SMILES string of the molecule is CC1(C)c2ccccc2-c2ccc(-n3c4ccccc4c4ccc5c6cccc7c6n(c5c43)C3C=CC=CC3=[N+]7c3ccccc3)cc21. The lowest BCUT2D eigenvalue weighted by molar-refractivity contribution is 0.660. The minimum Gasteiger partial charge on any atom is -0.316 e. The first kappa shape index (κ1) is 26.2. The molecule has 0 saturated heterocycles. The molecule has 0 radical (unpaired) electrons. The Bertz CT molecular complexity index is 2800. The third-order valence-electron chi connectivity index (χ3n) is 11.2. The van der Waals surface area contributed by atoms with Crippen molar-refractivity contribution < 1.29 is 0 Å². The lowest BCUT2D eigenvalue weighted by Crippen LogP contribution is -2.30. The monoisotopic (exact) mass is 614 g/mol. The van der Waals surface area contributed by atoms with Gasteiger partial charge in [0.05, 0.1) is 16.6 Å². The van der Waals surface area contributed by atoms with Crippen LogP contribution in [0.25, 0.3) is 60.4 Å². The van der Waals surface area contributed by atoms with Crippen LogP contribution >= 0.6 is 0 Å². The van der Waals surface area contributed by atoms with Crippen molar-refractivity contribution in [3.05, 3.63) is 163 Å². The van der Waals surface area contributed by atoms with Gasteiger partial charge < -0.3 is 9.13 Å². The number of benzene rings is 6. The summed E-state index contributed by atoms with van der Waals surface area (Å²) in [5.74, 6) is 0. The lowest BCUT2D eigenvalue weighted by Gasteiger charge is -2.25. The molecule has 0 bridgehead atoms. The second-order valence-electron chi connectivity index (χ2n) is 13.9. The number of hydrogen-bond donors (Lipinski definition) is 0. The van der Waals surface area contributed by atoms with Crippen molar-refractivity contribution >= 4 is 60.7 Å². The van der Waals surface area contributed by atoms with Crippen LogP contribution in [-0.4, -0.2) is 14.8 Å². The van der Waals surface area contributed by atoms with Gasteiger partial charge in [0.1, 0.15) is 11.6 Å². The Balaban J connectivity index is 1.29. The van der Waals surface area contributed by atoms with Gasteiger partial charge in [-0.25, -0.2) is 0 Å². The maximum absolute atomic E-state index is 2.62. The Kier molecular flexibility index (Phi) is 4.97. The average molecular weight is 615 g/mol. The molecule has 3 aliphatic rings. The van der Waals surface area contributed by atoms with Crippen LogP contribution in [0.1, 0.15) is 31.0 Å². The molecule has 0 amide bonds. The summed E-state index contributed by atoms with van der Waals surface area (Å²) >= 11 is 0. The van der Waals surface area contributed by atoms with Crippen molar-refractivity contribution in [2.45, 2.75) is 25.3 Å². The van der Waals surface area contributed by atoms with Crippen molar-refractivity contribution in [1.29, 1.82) is 0 Å². The van der Waals surface area contributed by atoms with Gasteiger partial charge in [0.15, 0.2) is 0 Å². The molecule has 48 heavy (non-hydrogen) atoms. The molecular weight excluding hydrogens is 583 g/mol. The number of nitrogens with zero attached hydrogens (tertiary/aromatic N) is 3. The maximum atomic E-state index is 2.62. The van der Waals surface area contributed by atoms with Gasteiger partial charge in [-0.1, -0.05) is 123 Å². The molecule has 6 aromatic carbocycles. The second-order valence-corrected chi connectivity index (χ2v) is 13.9. The van der Waals surface area contributed by atoms with Crippen LogP contribution in [0.4, 0.5) is 11.4 Å². The first-order valence-corrected chi connectivity index (χ1v) is 16.9. The number of aromatic nitrogens is 2. The first-order valence-electron chi connectivity index (χ1n) is 16.9. The summed E-state index contributed by atoms with van der Waals surface area (Å²) in [4.78, 5) is 0. The summed E-state index contributed by atoms with van der Waals surface area (Å²) in [6.07, 6.45) is 9.04. The zero-order chi connectivity index (χ0) is 31.7. The van der Waals surface area contributed by atoms with Crippen molar-refractivity contribution in [2.75, 3.05) is 0 Å². The van der Waals surface area contributed by atoms with Crippen LogP contribution in [0, 0.1) is 0 Å². The molecule has 1 unspecified atom stereocenters. The molecule has 3 heteroatoms. The van der Waals surface area contributed by atoms with E-state index in [1.165, 1.54) is 88.6 Å². The molecule has 0 fully saturated rings. The van der Waals surface area contributed by atoms with E-state index in [0.717, 1.165) is 0 Å². The van der Waals surface area contributed by atoms with Gasteiger partial charge in [0, 0.05) is 56.9 Å². The van der Waals surface area contributed by atoms with Gasteiger partial charge in [0.2, 0.25) is 17.1 Å². The Morgan fingerprint density at radius 3 is 2.21 bits per heavy atom. The van der Waals surface area contributed by atoms with Crippen molar-refractivity contribution in [3.63, 3.8) is 0 Å². The van der Waals surface area contributed by atoms with E-state index in [9.17, 15) is 0 Å². The second kappa shape index (κ2) is 9.11. The molecule has 1 aliphatic heterocycles. The first-order chi connectivity index (χ1) is 23.6. The molecule has 2 aromatic heterocycles. The van der Waals surface area contributed by atoms with Gasteiger partial charge in [-0.15, -0.1) is 0 Å². The quantitative estimate of drug-likeness (QED) is 0.172. The highest BCUT2D eigenvalue weighted by Gasteiger charge is 2.39. The van der Waals surface area contributed by atoms with E-state index in [0.29, 0.717) is 0 Å². The van der Waals surface area contributed by atoms with E-state index in [-0.39, 0.29) is 11.5 Å². The molecule has 8 aromatic rings. The fourth-order valence-corrected chi connectivity index (χ4v) is 9.12. The highest BCUT2D eigenvalue weighted by Crippen LogP contribution is 2.51. The Morgan fingerprint density at radius 1 is 0.583 bits per heavy atom. The molecular formula is C45H32N3+. The van der Waals surface area contributed by atoms with Crippen LogP contribution < -0.4 is 4.58 Å². The third-order valence-corrected chi connectivity index (χ3v) is 11.2. The van der Waals surface area contributed by atoms with E-state index in [1.807, 2.05) is 0 Å². The molecule has 3 nitrogen and oxygen atoms in total. The maximum Gasteiger partial charge on any atom is 0.235 e. The summed E-state index contributed by atoms with van der Waals surface area (Å²) in [7, 11) is 0. The summed E-state index contributed by atoms with van der Waals surface area (Å²) in [5.41, 5.74) is 15.3.